The molecule has 0 heterocycles. The molecule has 20 heavy (non-hydrogen) atoms. The second-order valence-electron chi connectivity index (χ2n) is 5.78. The summed E-state index contributed by atoms with van der Waals surface area (Å²) in [4.78, 5) is 23.3. The number of carbonyl (C=O) groups excluding carboxylic acids is 2. The van der Waals surface area contributed by atoms with Crippen LogP contribution in [0.25, 0.3) is 0 Å². The Labute approximate surface area is 123 Å². The number of rotatable bonds is 10. The van der Waals surface area contributed by atoms with Crippen LogP contribution in [0.3, 0.4) is 0 Å². The van der Waals surface area contributed by atoms with Gasteiger partial charge >= 0.3 is 0 Å². The maximum atomic E-state index is 11.7. The van der Waals surface area contributed by atoms with E-state index in [9.17, 15) is 9.59 Å². The average Bonchev–Trinajstić information content (AvgIpc) is 2.34. The second-order valence-corrected chi connectivity index (χ2v) is 5.78. The van der Waals surface area contributed by atoms with Crippen LogP contribution in [0.1, 0.15) is 66.2 Å². The molecule has 0 radical (unpaired) electrons. The van der Waals surface area contributed by atoms with Crippen LogP contribution in [-0.2, 0) is 9.59 Å². The fraction of sp³-hybridized carbons (Fsp3) is 0.867. The first-order chi connectivity index (χ1) is 9.35. The van der Waals surface area contributed by atoms with Crippen molar-refractivity contribution in [2.75, 3.05) is 0 Å². The molecule has 5 heteroatoms. The van der Waals surface area contributed by atoms with Crippen LogP contribution in [0.2, 0.25) is 0 Å². The standard InChI is InChI=1S/C15H31N3O2/c1-5-6-12(3)17-15(20)10-8-13(4)18-14(19)9-7-11(2)16/h11-13H,5-10,16H2,1-4H3,(H,17,20)(H,18,19). The molecule has 0 saturated carbocycles. The number of carbonyl (C=O) groups is 2. The van der Waals surface area contributed by atoms with Crippen molar-refractivity contribution in [3.8, 4) is 0 Å². The molecule has 3 unspecified atom stereocenters. The number of nitrogens with one attached hydrogen (secondary N) is 2. The first kappa shape index (κ1) is 18.9. The zero-order chi connectivity index (χ0) is 15.5. The molecule has 0 aliphatic rings. The van der Waals surface area contributed by atoms with Gasteiger partial charge in [-0.1, -0.05) is 13.3 Å². The second kappa shape index (κ2) is 10.7. The lowest BCUT2D eigenvalue weighted by Crippen LogP contribution is -2.36. The highest BCUT2D eigenvalue weighted by Gasteiger charge is 2.11. The Hall–Kier alpha value is -1.10. The summed E-state index contributed by atoms with van der Waals surface area (Å²) in [6.07, 6.45) is 4.30. The molecule has 0 spiro atoms. The maximum Gasteiger partial charge on any atom is 0.220 e. The topological polar surface area (TPSA) is 84.2 Å². The van der Waals surface area contributed by atoms with Gasteiger partial charge in [0.2, 0.25) is 11.8 Å². The Bertz CT molecular complexity index is 293. The molecule has 0 fully saturated rings. The molecule has 0 aliphatic carbocycles. The van der Waals surface area contributed by atoms with E-state index in [1.807, 2.05) is 20.8 Å². The highest BCUT2D eigenvalue weighted by Crippen LogP contribution is 2.01. The lowest BCUT2D eigenvalue weighted by atomic mass is 10.1. The molecule has 0 aliphatic heterocycles. The van der Waals surface area contributed by atoms with Gasteiger partial charge in [0, 0.05) is 31.0 Å². The van der Waals surface area contributed by atoms with Gasteiger partial charge in [-0.25, -0.2) is 0 Å². The molecule has 118 valence electrons. The van der Waals surface area contributed by atoms with Crippen molar-refractivity contribution in [1.29, 1.82) is 0 Å². The molecule has 0 saturated heterocycles. The zero-order valence-electron chi connectivity index (χ0n) is 13.4. The zero-order valence-corrected chi connectivity index (χ0v) is 13.4. The van der Waals surface area contributed by atoms with Crippen molar-refractivity contribution < 1.29 is 9.59 Å². The van der Waals surface area contributed by atoms with E-state index in [2.05, 4.69) is 17.6 Å². The molecule has 0 aromatic heterocycles. The molecule has 0 bridgehead atoms. The summed E-state index contributed by atoms with van der Waals surface area (Å²) in [6.45, 7) is 7.92. The first-order valence-electron chi connectivity index (χ1n) is 7.69. The van der Waals surface area contributed by atoms with Gasteiger partial charge in [0.05, 0.1) is 0 Å². The van der Waals surface area contributed by atoms with Crippen molar-refractivity contribution in [1.82, 2.24) is 10.6 Å². The summed E-state index contributed by atoms with van der Waals surface area (Å²) in [5.74, 6) is 0.0668. The first-order valence-corrected chi connectivity index (χ1v) is 7.69. The third kappa shape index (κ3) is 10.8. The van der Waals surface area contributed by atoms with Gasteiger partial charge in [0.25, 0.3) is 0 Å². The van der Waals surface area contributed by atoms with E-state index in [4.69, 9.17) is 5.73 Å². The number of hydrogen-bond donors (Lipinski definition) is 3. The Morgan fingerprint density at radius 2 is 1.35 bits per heavy atom. The number of amides is 2. The molecular weight excluding hydrogens is 254 g/mol. The fourth-order valence-corrected chi connectivity index (χ4v) is 1.98. The Balaban J connectivity index is 3.78. The third-order valence-electron chi connectivity index (χ3n) is 3.17. The van der Waals surface area contributed by atoms with Gasteiger partial charge in [0.15, 0.2) is 0 Å². The van der Waals surface area contributed by atoms with Crippen LogP contribution in [0.5, 0.6) is 0 Å². The summed E-state index contributed by atoms with van der Waals surface area (Å²) in [7, 11) is 0. The Morgan fingerprint density at radius 1 is 0.900 bits per heavy atom. The van der Waals surface area contributed by atoms with Crippen molar-refractivity contribution in [2.45, 2.75) is 84.3 Å². The van der Waals surface area contributed by atoms with Gasteiger partial charge in [-0.2, -0.15) is 0 Å². The highest BCUT2D eigenvalue weighted by molar-refractivity contribution is 5.77. The average molecular weight is 285 g/mol. The minimum Gasteiger partial charge on any atom is -0.354 e. The van der Waals surface area contributed by atoms with E-state index in [0.717, 1.165) is 12.8 Å². The van der Waals surface area contributed by atoms with Crippen molar-refractivity contribution in [3.63, 3.8) is 0 Å². The molecule has 0 aromatic rings. The van der Waals surface area contributed by atoms with Crippen LogP contribution < -0.4 is 16.4 Å². The van der Waals surface area contributed by atoms with E-state index in [-0.39, 0.29) is 29.9 Å². The largest absolute Gasteiger partial charge is 0.354 e. The smallest absolute Gasteiger partial charge is 0.220 e. The third-order valence-corrected chi connectivity index (χ3v) is 3.17. The summed E-state index contributed by atoms with van der Waals surface area (Å²) >= 11 is 0. The molecule has 3 atom stereocenters. The van der Waals surface area contributed by atoms with Crippen molar-refractivity contribution in [3.05, 3.63) is 0 Å². The SMILES string of the molecule is CCCC(C)NC(=O)CCC(C)NC(=O)CCC(C)N. The predicted octanol–water partition coefficient (Wildman–Crippen LogP) is 1.70. The Kier molecular flexibility index (Phi) is 10.1. The van der Waals surface area contributed by atoms with E-state index >= 15 is 0 Å². The minimum atomic E-state index is 0.00885. The van der Waals surface area contributed by atoms with Gasteiger partial charge in [-0.15, -0.1) is 0 Å². The van der Waals surface area contributed by atoms with Gasteiger partial charge in [-0.05, 0) is 40.0 Å². The van der Waals surface area contributed by atoms with Crippen LogP contribution in [0.4, 0.5) is 0 Å². The van der Waals surface area contributed by atoms with E-state index in [1.54, 1.807) is 0 Å². The quantitative estimate of drug-likeness (QED) is 0.571. The van der Waals surface area contributed by atoms with E-state index in [1.165, 1.54) is 0 Å². The monoisotopic (exact) mass is 285 g/mol. The van der Waals surface area contributed by atoms with Crippen LogP contribution in [0.15, 0.2) is 0 Å². The van der Waals surface area contributed by atoms with Crippen LogP contribution in [-0.4, -0.2) is 29.9 Å². The summed E-state index contributed by atoms with van der Waals surface area (Å²) in [5.41, 5.74) is 5.61. The molecule has 4 N–H and O–H groups in total. The van der Waals surface area contributed by atoms with Gasteiger partial charge in [0.1, 0.15) is 0 Å². The van der Waals surface area contributed by atoms with Gasteiger partial charge < -0.3 is 16.4 Å². The van der Waals surface area contributed by atoms with Crippen LogP contribution >= 0.6 is 0 Å². The fourth-order valence-electron chi connectivity index (χ4n) is 1.98. The van der Waals surface area contributed by atoms with E-state index in [0.29, 0.717) is 25.7 Å². The van der Waals surface area contributed by atoms with Crippen molar-refractivity contribution >= 4 is 11.8 Å². The highest BCUT2D eigenvalue weighted by atomic mass is 16.2. The minimum absolute atomic E-state index is 0.00885. The van der Waals surface area contributed by atoms with Crippen LogP contribution in [0, 0.1) is 0 Å². The van der Waals surface area contributed by atoms with Gasteiger partial charge in [-0.3, -0.25) is 9.59 Å². The molecule has 5 nitrogen and oxygen atoms in total. The summed E-state index contributed by atoms with van der Waals surface area (Å²) in [5, 5.41) is 5.86. The molecule has 0 rings (SSSR count). The summed E-state index contributed by atoms with van der Waals surface area (Å²) < 4.78 is 0. The van der Waals surface area contributed by atoms with Crippen molar-refractivity contribution in [2.24, 2.45) is 5.73 Å². The lowest BCUT2D eigenvalue weighted by Gasteiger charge is -2.16. The number of hydrogen-bond acceptors (Lipinski definition) is 3. The molecule has 0 aromatic carbocycles. The lowest BCUT2D eigenvalue weighted by molar-refractivity contribution is -0.124. The maximum absolute atomic E-state index is 11.7. The van der Waals surface area contributed by atoms with E-state index < -0.39 is 0 Å². The molecule has 2 amide bonds. The normalized spacial score (nSPS) is 15.2. The molecular formula is C15H31N3O2. The summed E-state index contributed by atoms with van der Waals surface area (Å²) in [6, 6.07) is 0.285. The predicted molar refractivity (Wildman–Crippen MR) is 82.2 cm³/mol. The Morgan fingerprint density at radius 3 is 1.80 bits per heavy atom. The number of nitrogens with two attached hydrogens (primary N) is 1.